The predicted octanol–water partition coefficient (Wildman–Crippen LogP) is 3.50. The molecule has 2 amide bonds. The van der Waals surface area contributed by atoms with E-state index in [9.17, 15) is 22.8 Å². The molecule has 0 spiro atoms. The van der Waals surface area contributed by atoms with Gasteiger partial charge >= 0.3 is 6.18 Å². The number of anilines is 1. The third kappa shape index (κ3) is 3.44. The Morgan fingerprint density at radius 1 is 1.32 bits per heavy atom. The zero-order chi connectivity index (χ0) is 20.8. The van der Waals surface area contributed by atoms with E-state index in [1.54, 1.807) is 17.8 Å². The summed E-state index contributed by atoms with van der Waals surface area (Å²) in [7, 11) is 0. The first-order valence-electron chi connectivity index (χ1n) is 8.19. The van der Waals surface area contributed by atoms with Crippen LogP contribution in [-0.2, 0) is 12.7 Å². The summed E-state index contributed by atoms with van der Waals surface area (Å²) in [4.78, 5) is 28.0. The van der Waals surface area contributed by atoms with E-state index in [0.717, 1.165) is 6.07 Å². The second-order valence-corrected chi connectivity index (χ2v) is 7.11. The number of aryl methyl sites for hydroxylation is 3. The fourth-order valence-corrected chi connectivity index (χ4v) is 3.86. The van der Waals surface area contributed by atoms with Gasteiger partial charge in [-0.3, -0.25) is 14.3 Å². The summed E-state index contributed by atoms with van der Waals surface area (Å²) in [5.74, 6) is -1.41. The number of thiophene rings is 1. The van der Waals surface area contributed by atoms with Crippen LogP contribution in [-0.4, -0.2) is 26.6 Å². The number of carbonyl (C=O) groups excluding carboxylic acids is 2. The molecule has 0 aromatic carbocycles. The summed E-state index contributed by atoms with van der Waals surface area (Å²) in [5.41, 5.74) is 5.34. The molecule has 0 saturated carbocycles. The molecular formula is C17H16F3N5O2S. The van der Waals surface area contributed by atoms with Crippen molar-refractivity contribution in [2.24, 2.45) is 5.73 Å². The molecule has 3 N–H and O–H groups in total. The summed E-state index contributed by atoms with van der Waals surface area (Å²) in [6.07, 6.45) is -3.08. The molecule has 3 heterocycles. The summed E-state index contributed by atoms with van der Waals surface area (Å²) in [6.45, 7) is 5.53. The van der Waals surface area contributed by atoms with E-state index in [2.05, 4.69) is 15.4 Å². The first-order valence-corrected chi connectivity index (χ1v) is 9.01. The molecule has 148 valence electrons. The van der Waals surface area contributed by atoms with E-state index in [4.69, 9.17) is 5.73 Å². The van der Waals surface area contributed by atoms with Gasteiger partial charge in [-0.2, -0.15) is 18.3 Å². The van der Waals surface area contributed by atoms with Gasteiger partial charge in [-0.15, -0.1) is 11.3 Å². The molecule has 0 radical (unpaired) electrons. The van der Waals surface area contributed by atoms with Crippen molar-refractivity contribution in [3.8, 4) is 0 Å². The van der Waals surface area contributed by atoms with Crippen molar-refractivity contribution in [2.75, 3.05) is 5.32 Å². The minimum atomic E-state index is -4.63. The largest absolute Gasteiger partial charge is 0.433 e. The van der Waals surface area contributed by atoms with Gasteiger partial charge in [0.15, 0.2) is 0 Å². The lowest BCUT2D eigenvalue weighted by Crippen LogP contribution is -2.17. The molecule has 0 atom stereocenters. The van der Waals surface area contributed by atoms with Crippen LogP contribution in [0.4, 0.5) is 18.9 Å². The fraction of sp³-hybridized carbons (Fsp3) is 0.294. The average Bonchev–Trinajstić information content (AvgIpc) is 3.15. The highest BCUT2D eigenvalue weighted by atomic mass is 32.1. The lowest BCUT2D eigenvalue weighted by Gasteiger charge is -2.09. The van der Waals surface area contributed by atoms with Crippen molar-refractivity contribution >= 4 is 39.1 Å². The van der Waals surface area contributed by atoms with Gasteiger partial charge in [-0.05, 0) is 32.4 Å². The number of primary amides is 1. The van der Waals surface area contributed by atoms with Gasteiger partial charge in [0.05, 0.1) is 16.9 Å². The maximum atomic E-state index is 13.0. The number of carbonyl (C=O) groups is 2. The smallest absolute Gasteiger partial charge is 0.365 e. The van der Waals surface area contributed by atoms with Crippen LogP contribution < -0.4 is 11.1 Å². The molecule has 0 saturated heterocycles. The van der Waals surface area contributed by atoms with Gasteiger partial charge in [0.2, 0.25) is 0 Å². The highest BCUT2D eigenvalue weighted by Gasteiger charge is 2.34. The van der Waals surface area contributed by atoms with Crippen molar-refractivity contribution in [2.45, 2.75) is 33.5 Å². The Labute approximate surface area is 161 Å². The number of alkyl halides is 3. The Morgan fingerprint density at radius 3 is 2.54 bits per heavy atom. The number of rotatable bonds is 4. The number of amides is 2. The quantitative estimate of drug-likeness (QED) is 0.686. The lowest BCUT2D eigenvalue weighted by molar-refractivity contribution is -0.141. The van der Waals surface area contributed by atoms with Crippen molar-refractivity contribution in [1.82, 2.24) is 14.8 Å². The molecule has 3 rings (SSSR count). The fourth-order valence-electron chi connectivity index (χ4n) is 2.80. The van der Waals surface area contributed by atoms with Gasteiger partial charge in [-0.25, -0.2) is 4.98 Å². The topological polar surface area (TPSA) is 103 Å². The minimum absolute atomic E-state index is 0.0302. The molecule has 3 aromatic rings. The van der Waals surface area contributed by atoms with Crippen LogP contribution >= 0.6 is 11.3 Å². The number of nitrogens with zero attached hydrogens (tertiary/aromatic N) is 3. The van der Waals surface area contributed by atoms with Crippen LogP contribution in [0.2, 0.25) is 0 Å². The number of hydrogen-bond donors (Lipinski definition) is 2. The van der Waals surface area contributed by atoms with Gasteiger partial charge in [0.1, 0.15) is 15.4 Å². The molecule has 0 aliphatic rings. The molecule has 28 heavy (non-hydrogen) atoms. The Balaban J connectivity index is 2.13. The van der Waals surface area contributed by atoms with Crippen LogP contribution in [0.5, 0.6) is 0 Å². The number of nitrogens with two attached hydrogens (primary N) is 1. The van der Waals surface area contributed by atoms with Gasteiger partial charge in [0, 0.05) is 18.1 Å². The molecule has 0 aliphatic heterocycles. The van der Waals surface area contributed by atoms with Gasteiger partial charge < -0.3 is 11.1 Å². The molecule has 0 aliphatic carbocycles. The van der Waals surface area contributed by atoms with Crippen LogP contribution in [0.3, 0.4) is 0 Å². The maximum absolute atomic E-state index is 13.0. The highest BCUT2D eigenvalue weighted by molar-refractivity contribution is 7.21. The summed E-state index contributed by atoms with van der Waals surface area (Å²) < 4.78 is 40.7. The summed E-state index contributed by atoms with van der Waals surface area (Å²) >= 11 is 0.706. The van der Waals surface area contributed by atoms with E-state index in [-0.39, 0.29) is 31.9 Å². The van der Waals surface area contributed by atoms with Gasteiger partial charge in [-0.1, -0.05) is 0 Å². The maximum Gasteiger partial charge on any atom is 0.433 e. The highest BCUT2D eigenvalue weighted by Crippen LogP contribution is 2.39. The van der Waals surface area contributed by atoms with E-state index in [1.807, 2.05) is 6.92 Å². The first-order chi connectivity index (χ1) is 13.0. The summed E-state index contributed by atoms with van der Waals surface area (Å²) in [5, 5.41) is 7.04. The molecule has 7 nitrogen and oxygen atoms in total. The van der Waals surface area contributed by atoms with Crippen molar-refractivity contribution in [3.63, 3.8) is 0 Å². The zero-order valence-corrected chi connectivity index (χ0v) is 16.0. The lowest BCUT2D eigenvalue weighted by atomic mass is 10.1. The molecule has 3 aromatic heterocycles. The second-order valence-electron chi connectivity index (χ2n) is 6.11. The predicted molar refractivity (Wildman–Crippen MR) is 98.5 cm³/mol. The number of halogens is 3. The Morgan fingerprint density at radius 2 is 2.00 bits per heavy atom. The zero-order valence-electron chi connectivity index (χ0n) is 15.1. The van der Waals surface area contributed by atoms with Crippen LogP contribution in [0.15, 0.2) is 12.3 Å². The van der Waals surface area contributed by atoms with Crippen LogP contribution in [0.1, 0.15) is 43.9 Å². The Kier molecular flexibility index (Phi) is 4.88. The molecular weight excluding hydrogens is 395 g/mol. The number of nitrogens with one attached hydrogen (secondary N) is 1. The molecule has 11 heteroatoms. The SMILES string of the molecule is CCn1cc(C(=O)Nc2c(C(N)=O)sc3nc(C(F)(F)F)cc(C)c23)c(C)n1. The van der Waals surface area contributed by atoms with E-state index in [1.165, 1.54) is 6.92 Å². The van der Waals surface area contributed by atoms with E-state index in [0.29, 0.717) is 23.6 Å². The molecule has 0 bridgehead atoms. The van der Waals surface area contributed by atoms with Crippen molar-refractivity contribution < 1.29 is 22.8 Å². The molecule has 0 fully saturated rings. The van der Waals surface area contributed by atoms with Crippen molar-refractivity contribution in [3.05, 3.63) is 39.7 Å². The molecule has 0 unspecified atom stereocenters. The number of aromatic nitrogens is 3. The summed E-state index contributed by atoms with van der Waals surface area (Å²) in [6, 6.07) is 0.871. The van der Waals surface area contributed by atoms with E-state index >= 15 is 0 Å². The average molecular weight is 411 g/mol. The first kappa shape index (κ1) is 19.8. The number of pyridine rings is 1. The Bertz CT molecular complexity index is 1100. The van der Waals surface area contributed by atoms with Crippen molar-refractivity contribution in [1.29, 1.82) is 0 Å². The third-order valence-electron chi connectivity index (χ3n) is 4.13. The normalized spacial score (nSPS) is 11.8. The monoisotopic (exact) mass is 411 g/mol. The Hall–Kier alpha value is -2.95. The second kappa shape index (κ2) is 6.89. The van der Waals surface area contributed by atoms with Gasteiger partial charge in [0.25, 0.3) is 11.8 Å². The standard InChI is InChI=1S/C17H16F3N5O2S/c1-4-25-6-9(8(3)24-25)15(27)23-12-11-7(2)5-10(17(18,19)20)22-16(11)28-13(12)14(21)26/h5-6H,4H2,1-3H3,(H2,21,26)(H,23,27). The number of hydrogen-bond acceptors (Lipinski definition) is 5. The minimum Gasteiger partial charge on any atom is -0.365 e. The van der Waals surface area contributed by atoms with E-state index < -0.39 is 23.7 Å². The van der Waals surface area contributed by atoms with Crippen LogP contribution in [0, 0.1) is 13.8 Å². The van der Waals surface area contributed by atoms with Crippen LogP contribution in [0.25, 0.3) is 10.2 Å². The number of fused-ring (bicyclic) bond motifs is 1. The third-order valence-corrected chi connectivity index (χ3v) is 5.23.